The lowest BCUT2D eigenvalue weighted by molar-refractivity contribution is 0.0696. The molecule has 2 aliphatic heterocycles. The van der Waals surface area contributed by atoms with Crippen LogP contribution in [0, 0.1) is 0 Å². The third-order valence-corrected chi connectivity index (χ3v) is 7.11. The van der Waals surface area contributed by atoms with Gasteiger partial charge in [0.25, 0.3) is 21.8 Å². The van der Waals surface area contributed by atoms with E-state index in [9.17, 15) is 18.0 Å². The Hall–Kier alpha value is -3.18. The average molecular weight is 446 g/mol. The molecule has 3 heterocycles. The summed E-state index contributed by atoms with van der Waals surface area (Å²) in [6, 6.07) is 9.69. The number of piperazine rings is 1. The van der Waals surface area contributed by atoms with Crippen molar-refractivity contribution in [2.75, 3.05) is 37.7 Å². The Bertz CT molecular complexity index is 1130. The van der Waals surface area contributed by atoms with Gasteiger partial charge in [-0.25, -0.2) is 8.42 Å². The van der Waals surface area contributed by atoms with Gasteiger partial charge in [0.15, 0.2) is 5.76 Å². The average Bonchev–Trinajstić information content (AvgIpc) is 3.43. The summed E-state index contributed by atoms with van der Waals surface area (Å²) in [6.07, 6.45) is 0.926. The number of carbonyl (C=O) groups excluding carboxylic acids is 2. The van der Waals surface area contributed by atoms with E-state index in [0.717, 1.165) is 24.4 Å². The van der Waals surface area contributed by atoms with Crippen LogP contribution in [0.5, 0.6) is 0 Å². The number of nitrogens with two attached hydrogens (primary N) is 1. The van der Waals surface area contributed by atoms with Gasteiger partial charge in [0, 0.05) is 50.4 Å². The monoisotopic (exact) mass is 445 g/mol. The molecule has 10 nitrogen and oxygen atoms in total. The minimum absolute atomic E-state index is 0.126. The maximum atomic E-state index is 12.8. The number of carbonyl (C=O) groups is 2. The third kappa shape index (κ3) is 4.19. The number of primary amides is 1. The zero-order valence-electron chi connectivity index (χ0n) is 17.0. The van der Waals surface area contributed by atoms with Crippen molar-refractivity contribution in [2.24, 2.45) is 10.8 Å². The molecule has 1 aromatic heterocycles. The standard InChI is InChI=1S/C20H23N5O5S/c1-14-8-9-25(22-14)16-4-2-15(3-5-16)20(27)23-10-12-24(13-11-23)31(28,29)18-7-6-17(30-18)19(21)26/h2-7H,8-13H2,1H3,(H2,21,26). The van der Waals surface area contributed by atoms with Crippen LogP contribution < -0.4 is 10.7 Å². The Labute approximate surface area is 179 Å². The molecule has 11 heteroatoms. The van der Waals surface area contributed by atoms with E-state index < -0.39 is 15.9 Å². The first-order chi connectivity index (χ1) is 14.8. The van der Waals surface area contributed by atoms with Crippen molar-refractivity contribution < 1.29 is 22.4 Å². The van der Waals surface area contributed by atoms with Crippen molar-refractivity contribution in [1.82, 2.24) is 9.21 Å². The van der Waals surface area contributed by atoms with Gasteiger partial charge < -0.3 is 15.1 Å². The fraction of sp³-hybridized carbons (Fsp3) is 0.350. The van der Waals surface area contributed by atoms with Crippen LogP contribution in [0.4, 0.5) is 5.69 Å². The van der Waals surface area contributed by atoms with Crippen molar-refractivity contribution in [1.29, 1.82) is 0 Å². The Kier molecular flexibility index (Phi) is 5.54. The number of sulfonamides is 1. The summed E-state index contributed by atoms with van der Waals surface area (Å²) >= 11 is 0. The number of amides is 2. The minimum atomic E-state index is -3.91. The summed E-state index contributed by atoms with van der Waals surface area (Å²) in [5.41, 5.74) is 7.66. The van der Waals surface area contributed by atoms with E-state index in [1.54, 1.807) is 17.0 Å². The van der Waals surface area contributed by atoms with Crippen molar-refractivity contribution in [3.63, 3.8) is 0 Å². The van der Waals surface area contributed by atoms with Crippen LogP contribution in [-0.4, -0.2) is 67.9 Å². The fourth-order valence-corrected chi connectivity index (χ4v) is 4.90. The van der Waals surface area contributed by atoms with Crippen LogP contribution in [0.2, 0.25) is 0 Å². The number of hydrogen-bond acceptors (Lipinski definition) is 7. The normalized spacial score (nSPS) is 17.6. The van der Waals surface area contributed by atoms with Crippen molar-refractivity contribution >= 4 is 33.2 Å². The maximum Gasteiger partial charge on any atom is 0.284 e. The van der Waals surface area contributed by atoms with Crippen molar-refractivity contribution in [2.45, 2.75) is 18.4 Å². The summed E-state index contributed by atoms with van der Waals surface area (Å²) in [5, 5.41) is 6.02. The molecule has 0 saturated carbocycles. The van der Waals surface area contributed by atoms with Crippen LogP contribution in [0.3, 0.4) is 0 Å². The summed E-state index contributed by atoms with van der Waals surface area (Å²) in [4.78, 5) is 25.6. The highest BCUT2D eigenvalue weighted by Gasteiger charge is 2.33. The topological polar surface area (TPSA) is 130 Å². The maximum absolute atomic E-state index is 12.8. The predicted molar refractivity (Wildman–Crippen MR) is 113 cm³/mol. The van der Waals surface area contributed by atoms with Crippen LogP contribution in [0.15, 0.2) is 51.0 Å². The molecular formula is C20H23N5O5S. The molecule has 2 amide bonds. The third-order valence-electron chi connectivity index (χ3n) is 5.33. The molecule has 1 saturated heterocycles. The second kappa shape index (κ2) is 8.16. The second-order valence-corrected chi connectivity index (χ2v) is 9.30. The summed E-state index contributed by atoms with van der Waals surface area (Å²) in [7, 11) is -3.91. The lowest BCUT2D eigenvalue weighted by atomic mass is 10.1. The summed E-state index contributed by atoms with van der Waals surface area (Å²) in [6.45, 7) is 3.56. The lowest BCUT2D eigenvalue weighted by Crippen LogP contribution is -2.50. The van der Waals surface area contributed by atoms with E-state index in [1.807, 2.05) is 24.1 Å². The molecule has 0 spiro atoms. The molecule has 1 fully saturated rings. The number of rotatable bonds is 5. The van der Waals surface area contributed by atoms with Crippen LogP contribution in [0.1, 0.15) is 34.3 Å². The zero-order valence-corrected chi connectivity index (χ0v) is 17.8. The second-order valence-electron chi connectivity index (χ2n) is 7.43. The number of hydrogen-bond donors (Lipinski definition) is 1. The van der Waals surface area contributed by atoms with Crippen LogP contribution >= 0.6 is 0 Å². The molecule has 0 radical (unpaired) electrons. The smallest absolute Gasteiger partial charge is 0.284 e. The summed E-state index contributed by atoms with van der Waals surface area (Å²) < 4.78 is 31.7. The molecule has 1 aromatic carbocycles. The highest BCUT2D eigenvalue weighted by Crippen LogP contribution is 2.23. The molecule has 164 valence electrons. The highest BCUT2D eigenvalue weighted by atomic mass is 32.2. The number of furan rings is 1. The number of hydrazone groups is 1. The molecule has 4 rings (SSSR count). The Morgan fingerprint density at radius 1 is 1.00 bits per heavy atom. The Morgan fingerprint density at radius 2 is 1.68 bits per heavy atom. The largest absolute Gasteiger partial charge is 0.438 e. The summed E-state index contributed by atoms with van der Waals surface area (Å²) in [5.74, 6) is -1.21. The highest BCUT2D eigenvalue weighted by molar-refractivity contribution is 7.89. The fourth-order valence-electron chi connectivity index (χ4n) is 3.57. The van der Waals surface area contributed by atoms with Gasteiger partial charge in [0.05, 0.1) is 5.69 Å². The van der Waals surface area contributed by atoms with Crippen LogP contribution in [0.25, 0.3) is 0 Å². The lowest BCUT2D eigenvalue weighted by Gasteiger charge is -2.33. The molecule has 2 N–H and O–H groups in total. The van der Waals surface area contributed by atoms with E-state index in [4.69, 9.17) is 10.2 Å². The van der Waals surface area contributed by atoms with Gasteiger partial charge in [-0.05, 0) is 43.3 Å². The van der Waals surface area contributed by atoms with E-state index in [0.29, 0.717) is 5.56 Å². The van der Waals surface area contributed by atoms with E-state index in [2.05, 4.69) is 5.10 Å². The van der Waals surface area contributed by atoms with Gasteiger partial charge in [0.2, 0.25) is 5.09 Å². The molecule has 31 heavy (non-hydrogen) atoms. The number of benzene rings is 1. The molecule has 2 aromatic rings. The first-order valence-corrected chi connectivity index (χ1v) is 11.3. The SMILES string of the molecule is CC1=NN(c2ccc(C(=O)N3CCN(S(=O)(=O)c4ccc(C(N)=O)o4)CC3)cc2)CC1. The molecule has 0 bridgehead atoms. The van der Waals surface area contributed by atoms with E-state index >= 15 is 0 Å². The van der Waals surface area contributed by atoms with Gasteiger partial charge in [-0.1, -0.05) is 0 Å². The van der Waals surface area contributed by atoms with Gasteiger partial charge in [-0.15, -0.1) is 0 Å². The number of nitrogens with zero attached hydrogens (tertiary/aromatic N) is 4. The molecule has 0 unspecified atom stereocenters. The molecule has 0 aliphatic carbocycles. The van der Waals surface area contributed by atoms with E-state index in [-0.39, 0.29) is 42.9 Å². The zero-order chi connectivity index (χ0) is 22.2. The van der Waals surface area contributed by atoms with Crippen molar-refractivity contribution in [3.05, 3.63) is 47.7 Å². The quantitative estimate of drug-likeness (QED) is 0.734. The Morgan fingerprint density at radius 3 is 2.23 bits per heavy atom. The molecule has 2 aliphatic rings. The predicted octanol–water partition coefficient (Wildman–Crippen LogP) is 1.11. The van der Waals surface area contributed by atoms with Gasteiger partial charge in [-0.3, -0.25) is 14.6 Å². The number of anilines is 1. The first kappa shape index (κ1) is 21.1. The van der Waals surface area contributed by atoms with Gasteiger partial charge in [0.1, 0.15) is 0 Å². The minimum Gasteiger partial charge on any atom is -0.438 e. The van der Waals surface area contributed by atoms with Crippen LogP contribution in [-0.2, 0) is 10.0 Å². The first-order valence-electron chi connectivity index (χ1n) is 9.86. The van der Waals surface area contributed by atoms with Crippen molar-refractivity contribution in [3.8, 4) is 0 Å². The van der Waals surface area contributed by atoms with Gasteiger partial charge >= 0.3 is 0 Å². The van der Waals surface area contributed by atoms with Gasteiger partial charge in [-0.2, -0.15) is 9.41 Å². The molecular weight excluding hydrogens is 422 g/mol. The Balaban J connectivity index is 1.39. The molecule has 0 atom stereocenters. The van der Waals surface area contributed by atoms with E-state index in [1.165, 1.54) is 16.4 Å².